The first-order valence-electron chi connectivity index (χ1n) is 4.69. The predicted molar refractivity (Wildman–Crippen MR) is 65.5 cm³/mol. The van der Waals surface area contributed by atoms with E-state index in [1.807, 2.05) is 0 Å². The van der Waals surface area contributed by atoms with Crippen molar-refractivity contribution in [2.75, 3.05) is 12.9 Å². The molecule has 0 aliphatic rings. The summed E-state index contributed by atoms with van der Waals surface area (Å²) < 4.78 is 35.8. The molecule has 0 saturated carbocycles. The third kappa shape index (κ3) is 4.59. The van der Waals surface area contributed by atoms with Crippen LogP contribution >= 0.6 is 12.4 Å². The van der Waals surface area contributed by atoms with Gasteiger partial charge in [0.1, 0.15) is 5.82 Å². The van der Waals surface area contributed by atoms with Crippen LogP contribution in [0.3, 0.4) is 0 Å². The maximum Gasteiger partial charge on any atom is 0.175 e. The third-order valence-corrected chi connectivity index (χ3v) is 3.34. The van der Waals surface area contributed by atoms with Crippen molar-refractivity contribution in [1.82, 2.24) is 0 Å². The minimum absolute atomic E-state index is 0. The quantitative estimate of drug-likeness (QED) is 0.789. The topological polar surface area (TPSA) is 80.4 Å². The van der Waals surface area contributed by atoms with Gasteiger partial charge < -0.3 is 10.8 Å². The van der Waals surface area contributed by atoms with Crippen molar-refractivity contribution >= 4 is 22.2 Å². The maximum atomic E-state index is 13.0. The van der Waals surface area contributed by atoms with E-state index in [0.717, 1.165) is 18.4 Å². The van der Waals surface area contributed by atoms with Crippen LogP contribution in [0.1, 0.15) is 5.56 Å². The smallest absolute Gasteiger partial charge is 0.175 e. The lowest BCUT2D eigenvalue weighted by Gasteiger charge is -2.11. The molecule has 0 radical (unpaired) electrons. The van der Waals surface area contributed by atoms with Gasteiger partial charge in [0, 0.05) is 12.3 Å². The first kappa shape index (κ1) is 16.3. The summed E-state index contributed by atoms with van der Waals surface area (Å²) >= 11 is 0. The zero-order valence-electron chi connectivity index (χ0n) is 9.26. The van der Waals surface area contributed by atoms with Gasteiger partial charge in [-0.3, -0.25) is 0 Å². The van der Waals surface area contributed by atoms with E-state index in [9.17, 15) is 12.8 Å². The summed E-state index contributed by atoms with van der Waals surface area (Å²) in [4.78, 5) is 0.0535. The van der Waals surface area contributed by atoms with Crippen molar-refractivity contribution < 1.29 is 17.9 Å². The van der Waals surface area contributed by atoms with Crippen LogP contribution in [-0.2, 0) is 16.3 Å². The van der Waals surface area contributed by atoms with Gasteiger partial charge in [-0.25, -0.2) is 12.8 Å². The van der Waals surface area contributed by atoms with E-state index in [0.29, 0.717) is 5.56 Å². The molecule has 1 aromatic carbocycles. The zero-order chi connectivity index (χ0) is 12.3. The fourth-order valence-corrected chi connectivity index (χ4v) is 2.35. The predicted octanol–water partition coefficient (Wildman–Crippen LogP) is 0.513. The minimum Gasteiger partial charge on any atom is -0.395 e. The number of hydrogen-bond acceptors (Lipinski definition) is 4. The highest BCUT2D eigenvalue weighted by molar-refractivity contribution is 7.90. The van der Waals surface area contributed by atoms with Crippen LogP contribution in [0.5, 0.6) is 0 Å². The van der Waals surface area contributed by atoms with E-state index < -0.39 is 21.7 Å². The van der Waals surface area contributed by atoms with Crippen molar-refractivity contribution in [3.8, 4) is 0 Å². The Bertz CT molecular complexity index is 478. The fraction of sp³-hybridized carbons (Fsp3) is 0.400. The molecule has 1 unspecified atom stereocenters. The van der Waals surface area contributed by atoms with Gasteiger partial charge in [0.05, 0.1) is 11.5 Å². The summed E-state index contributed by atoms with van der Waals surface area (Å²) in [5.74, 6) is -0.521. The van der Waals surface area contributed by atoms with Crippen molar-refractivity contribution in [2.45, 2.75) is 17.4 Å². The lowest BCUT2D eigenvalue weighted by Crippen LogP contribution is -2.27. The lowest BCUT2D eigenvalue weighted by molar-refractivity contribution is 0.265. The summed E-state index contributed by atoms with van der Waals surface area (Å²) in [6.45, 7) is -0.278. The number of aliphatic hydroxyl groups excluding tert-OH is 1. The molecular weight excluding hydrogens is 269 g/mol. The Labute approximate surface area is 106 Å². The van der Waals surface area contributed by atoms with Crippen LogP contribution in [0.15, 0.2) is 23.1 Å². The normalized spacial score (nSPS) is 12.9. The van der Waals surface area contributed by atoms with E-state index in [1.54, 1.807) is 0 Å². The average molecular weight is 284 g/mol. The summed E-state index contributed by atoms with van der Waals surface area (Å²) in [6.07, 6.45) is 1.17. The highest BCUT2D eigenvalue weighted by Gasteiger charge is 2.15. The average Bonchev–Trinajstić information content (AvgIpc) is 2.15. The molecule has 0 heterocycles. The van der Waals surface area contributed by atoms with Gasteiger partial charge in [0.25, 0.3) is 0 Å². The molecule has 0 fully saturated rings. The largest absolute Gasteiger partial charge is 0.395 e. The minimum atomic E-state index is -3.41. The molecule has 0 saturated heterocycles. The molecular formula is C10H15ClFNO3S. The number of aliphatic hydroxyl groups is 1. The summed E-state index contributed by atoms with van der Waals surface area (Å²) in [5, 5.41) is 8.79. The van der Waals surface area contributed by atoms with Gasteiger partial charge in [-0.15, -0.1) is 12.4 Å². The fourth-order valence-electron chi connectivity index (χ4n) is 1.42. The van der Waals surface area contributed by atoms with E-state index in [-0.39, 0.29) is 30.3 Å². The van der Waals surface area contributed by atoms with E-state index >= 15 is 0 Å². The third-order valence-electron chi connectivity index (χ3n) is 2.14. The molecule has 0 bridgehead atoms. The van der Waals surface area contributed by atoms with Gasteiger partial charge in [-0.1, -0.05) is 0 Å². The lowest BCUT2D eigenvalue weighted by atomic mass is 10.1. The molecule has 3 N–H and O–H groups in total. The van der Waals surface area contributed by atoms with Gasteiger partial charge in [0.2, 0.25) is 0 Å². The summed E-state index contributed by atoms with van der Waals surface area (Å²) in [5.41, 5.74) is 5.80. The molecule has 1 rings (SSSR count). The molecule has 0 aromatic heterocycles. The van der Waals surface area contributed by atoms with Crippen molar-refractivity contribution in [3.63, 3.8) is 0 Å². The highest BCUT2D eigenvalue weighted by Crippen LogP contribution is 2.18. The number of hydrogen-bond donors (Lipinski definition) is 2. The van der Waals surface area contributed by atoms with Crippen LogP contribution < -0.4 is 5.73 Å². The molecule has 98 valence electrons. The Morgan fingerprint density at radius 2 is 2.06 bits per heavy atom. The number of sulfone groups is 1. The number of halogens is 2. The van der Waals surface area contributed by atoms with E-state index in [2.05, 4.69) is 0 Å². The van der Waals surface area contributed by atoms with Crippen LogP contribution in [0.2, 0.25) is 0 Å². The van der Waals surface area contributed by atoms with E-state index in [1.165, 1.54) is 6.07 Å². The molecule has 0 spiro atoms. The Balaban J connectivity index is 0.00000256. The Morgan fingerprint density at radius 3 is 2.53 bits per heavy atom. The molecule has 17 heavy (non-hydrogen) atoms. The molecule has 1 atom stereocenters. The first-order valence-corrected chi connectivity index (χ1v) is 6.58. The SMILES string of the molecule is CS(=O)(=O)c1ccc(F)cc1CC(N)CO.Cl. The second-order valence-corrected chi connectivity index (χ2v) is 5.66. The Kier molecular flexibility index (Phi) is 6.04. The molecule has 0 aliphatic carbocycles. The molecule has 1 aromatic rings. The molecule has 4 nitrogen and oxygen atoms in total. The molecule has 0 amide bonds. The number of benzene rings is 1. The van der Waals surface area contributed by atoms with Crippen LogP contribution in [0.25, 0.3) is 0 Å². The van der Waals surface area contributed by atoms with Gasteiger partial charge in [0.15, 0.2) is 9.84 Å². The number of rotatable bonds is 4. The molecule has 0 aliphatic heterocycles. The van der Waals surface area contributed by atoms with Crippen LogP contribution in [0.4, 0.5) is 4.39 Å². The Hall–Kier alpha value is -0.690. The summed E-state index contributed by atoms with van der Waals surface area (Å²) in [6, 6.07) is 2.84. The highest BCUT2D eigenvalue weighted by atomic mass is 35.5. The van der Waals surface area contributed by atoms with Gasteiger partial charge >= 0.3 is 0 Å². The maximum absolute atomic E-state index is 13.0. The molecule has 7 heteroatoms. The first-order chi connectivity index (χ1) is 7.34. The summed E-state index contributed by atoms with van der Waals surface area (Å²) in [7, 11) is -3.41. The second kappa shape index (κ2) is 6.30. The zero-order valence-corrected chi connectivity index (χ0v) is 10.9. The van der Waals surface area contributed by atoms with E-state index in [4.69, 9.17) is 10.8 Å². The second-order valence-electron chi connectivity index (χ2n) is 3.67. The monoisotopic (exact) mass is 283 g/mol. The van der Waals surface area contributed by atoms with Crippen molar-refractivity contribution in [3.05, 3.63) is 29.6 Å². The van der Waals surface area contributed by atoms with Gasteiger partial charge in [-0.05, 0) is 30.2 Å². The van der Waals surface area contributed by atoms with Crippen molar-refractivity contribution in [1.29, 1.82) is 0 Å². The van der Waals surface area contributed by atoms with Gasteiger partial charge in [-0.2, -0.15) is 0 Å². The Morgan fingerprint density at radius 1 is 1.47 bits per heavy atom. The standard InChI is InChI=1S/C10H14FNO3S.ClH/c1-16(14,15)10-3-2-8(11)4-7(10)5-9(12)6-13;/h2-4,9,13H,5-6,12H2,1H3;1H. The van der Waals surface area contributed by atoms with Crippen molar-refractivity contribution in [2.24, 2.45) is 5.73 Å². The van der Waals surface area contributed by atoms with Crippen LogP contribution in [0, 0.1) is 5.82 Å². The number of nitrogens with two attached hydrogens (primary N) is 1. The van der Waals surface area contributed by atoms with Crippen LogP contribution in [-0.4, -0.2) is 32.4 Å².